The highest BCUT2D eigenvalue weighted by Gasteiger charge is 2.29. The Morgan fingerprint density at radius 3 is 2.80 bits per heavy atom. The molecule has 1 heterocycles. The van der Waals surface area contributed by atoms with Crippen LogP contribution in [0.3, 0.4) is 0 Å². The normalized spacial score (nSPS) is 23.9. The van der Waals surface area contributed by atoms with Crippen LogP contribution in [0.4, 0.5) is 0 Å². The van der Waals surface area contributed by atoms with Crippen molar-refractivity contribution in [3.63, 3.8) is 0 Å². The van der Waals surface area contributed by atoms with Crippen molar-refractivity contribution in [1.82, 2.24) is 10.0 Å². The minimum Gasteiger partial charge on any atom is -0.315 e. The maximum Gasteiger partial charge on any atom is 0.250 e. The smallest absolute Gasteiger partial charge is 0.250 e. The molecule has 0 amide bonds. The van der Waals surface area contributed by atoms with Gasteiger partial charge in [0.25, 0.3) is 0 Å². The van der Waals surface area contributed by atoms with Crippen LogP contribution >= 0.6 is 23.1 Å². The molecule has 1 aliphatic carbocycles. The fourth-order valence-electron chi connectivity index (χ4n) is 2.54. The Labute approximate surface area is 129 Å². The van der Waals surface area contributed by atoms with Crippen molar-refractivity contribution in [1.29, 1.82) is 0 Å². The van der Waals surface area contributed by atoms with Gasteiger partial charge in [-0.2, -0.15) is 11.8 Å². The topological polar surface area (TPSA) is 58.2 Å². The molecule has 1 saturated carbocycles. The van der Waals surface area contributed by atoms with Gasteiger partial charge in [0.2, 0.25) is 10.0 Å². The second-order valence-electron chi connectivity index (χ2n) is 5.04. The van der Waals surface area contributed by atoms with Gasteiger partial charge in [0.1, 0.15) is 4.21 Å². The summed E-state index contributed by atoms with van der Waals surface area (Å²) in [5, 5.41) is 3.44. The highest BCUT2D eigenvalue weighted by molar-refractivity contribution is 7.99. The average molecular weight is 335 g/mol. The van der Waals surface area contributed by atoms with E-state index in [4.69, 9.17) is 0 Å². The van der Waals surface area contributed by atoms with E-state index in [1.807, 2.05) is 13.1 Å². The van der Waals surface area contributed by atoms with E-state index in [2.05, 4.69) is 16.3 Å². The van der Waals surface area contributed by atoms with Crippen molar-refractivity contribution >= 4 is 33.1 Å². The molecule has 1 aromatic heterocycles. The molecule has 0 aliphatic heterocycles. The fraction of sp³-hybridized carbons (Fsp3) is 0.692. The Morgan fingerprint density at radius 2 is 2.10 bits per heavy atom. The van der Waals surface area contributed by atoms with Gasteiger partial charge < -0.3 is 5.32 Å². The molecule has 2 N–H and O–H groups in total. The lowest BCUT2D eigenvalue weighted by Crippen LogP contribution is -2.43. The van der Waals surface area contributed by atoms with Crippen LogP contribution in [0.25, 0.3) is 0 Å². The summed E-state index contributed by atoms with van der Waals surface area (Å²) in [5.74, 6) is 0. The van der Waals surface area contributed by atoms with Gasteiger partial charge >= 0.3 is 0 Å². The highest BCUT2D eigenvalue weighted by atomic mass is 32.2. The summed E-state index contributed by atoms with van der Waals surface area (Å²) in [4.78, 5) is 1.04. The number of thioether (sulfide) groups is 1. The van der Waals surface area contributed by atoms with E-state index >= 15 is 0 Å². The third kappa shape index (κ3) is 3.98. The molecule has 4 nitrogen and oxygen atoms in total. The van der Waals surface area contributed by atoms with E-state index in [1.165, 1.54) is 17.8 Å². The predicted octanol–water partition coefficient (Wildman–Crippen LogP) is 2.42. The van der Waals surface area contributed by atoms with Crippen LogP contribution in [0.15, 0.2) is 16.3 Å². The van der Waals surface area contributed by atoms with Crippen LogP contribution in [0.1, 0.15) is 30.6 Å². The van der Waals surface area contributed by atoms with Crippen LogP contribution < -0.4 is 10.0 Å². The second-order valence-corrected chi connectivity index (χ2v) is 9.22. The minimum absolute atomic E-state index is 0.0681. The number of nitrogens with one attached hydrogen (secondary N) is 2. The van der Waals surface area contributed by atoms with Gasteiger partial charge in [-0.15, -0.1) is 11.3 Å². The number of thiophene rings is 1. The summed E-state index contributed by atoms with van der Waals surface area (Å²) in [5.41, 5.74) is 0. The zero-order chi connectivity index (χ0) is 14.6. The summed E-state index contributed by atoms with van der Waals surface area (Å²) < 4.78 is 28.2. The number of sulfonamides is 1. The summed E-state index contributed by atoms with van der Waals surface area (Å²) in [6.45, 7) is 0.705. The molecule has 1 fully saturated rings. The first-order valence-corrected chi connectivity index (χ1v) is 10.4. The van der Waals surface area contributed by atoms with Gasteiger partial charge in [-0.05, 0) is 38.3 Å². The Morgan fingerprint density at radius 1 is 1.35 bits per heavy atom. The van der Waals surface area contributed by atoms with Crippen molar-refractivity contribution in [2.45, 2.75) is 47.7 Å². The van der Waals surface area contributed by atoms with E-state index in [0.717, 1.165) is 24.1 Å². The Balaban J connectivity index is 2.09. The predicted molar refractivity (Wildman–Crippen MR) is 87.0 cm³/mol. The molecular weight excluding hydrogens is 312 g/mol. The molecule has 1 aromatic rings. The lowest BCUT2D eigenvalue weighted by atomic mass is 9.96. The highest BCUT2D eigenvalue weighted by Crippen LogP contribution is 2.29. The lowest BCUT2D eigenvalue weighted by Gasteiger charge is -2.30. The zero-order valence-electron chi connectivity index (χ0n) is 11.9. The minimum atomic E-state index is -3.37. The molecule has 2 atom stereocenters. The first kappa shape index (κ1) is 16.3. The molecule has 0 bridgehead atoms. The molecule has 20 heavy (non-hydrogen) atoms. The van der Waals surface area contributed by atoms with Gasteiger partial charge in [0.05, 0.1) is 0 Å². The summed E-state index contributed by atoms with van der Waals surface area (Å²) in [6, 6.07) is 3.65. The second kappa shape index (κ2) is 7.26. The van der Waals surface area contributed by atoms with Crippen LogP contribution in [0, 0.1) is 0 Å². The van der Waals surface area contributed by atoms with Crippen LogP contribution in [-0.4, -0.2) is 33.0 Å². The van der Waals surface area contributed by atoms with Gasteiger partial charge in [-0.3, -0.25) is 0 Å². The fourth-order valence-corrected chi connectivity index (χ4v) is 6.26. The summed E-state index contributed by atoms with van der Waals surface area (Å²) >= 11 is 3.11. The Kier molecular flexibility index (Phi) is 5.92. The maximum absolute atomic E-state index is 12.4. The molecule has 2 unspecified atom stereocenters. The van der Waals surface area contributed by atoms with E-state index in [-0.39, 0.29) is 6.04 Å². The van der Waals surface area contributed by atoms with Crippen molar-refractivity contribution < 1.29 is 8.42 Å². The quantitative estimate of drug-likeness (QED) is 0.839. The molecule has 114 valence electrons. The van der Waals surface area contributed by atoms with Gasteiger partial charge in [0.15, 0.2) is 0 Å². The largest absolute Gasteiger partial charge is 0.315 e. The van der Waals surface area contributed by atoms with E-state index in [9.17, 15) is 8.42 Å². The summed E-state index contributed by atoms with van der Waals surface area (Å²) in [7, 11) is -1.51. The number of hydrogen-bond donors (Lipinski definition) is 2. The number of rotatable bonds is 6. The van der Waals surface area contributed by atoms with Crippen LogP contribution in [0.5, 0.6) is 0 Å². The average Bonchev–Trinajstić information content (AvgIpc) is 2.89. The van der Waals surface area contributed by atoms with Crippen molar-refractivity contribution in [2.24, 2.45) is 0 Å². The third-order valence-electron chi connectivity index (χ3n) is 3.56. The van der Waals surface area contributed by atoms with Crippen LogP contribution in [-0.2, 0) is 16.6 Å². The zero-order valence-corrected chi connectivity index (χ0v) is 14.3. The molecule has 0 aromatic carbocycles. The first-order chi connectivity index (χ1) is 9.56. The molecule has 7 heteroatoms. The molecule has 1 aliphatic rings. The van der Waals surface area contributed by atoms with Gasteiger partial charge in [-0.25, -0.2) is 13.1 Å². The van der Waals surface area contributed by atoms with E-state index in [0.29, 0.717) is 16.0 Å². The van der Waals surface area contributed by atoms with E-state index < -0.39 is 10.0 Å². The summed E-state index contributed by atoms with van der Waals surface area (Å²) in [6.07, 6.45) is 6.42. The maximum atomic E-state index is 12.4. The number of hydrogen-bond acceptors (Lipinski definition) is 5. The molecule has 0 radical (unpaired) electrons. The first-order valence-electron chi connectivity index (χ1n) is 6.85. The van der Waals surface area contributed by atoms with E-state index in [1.54, 1.807) is 17.8 Å². The van der Waals surface area contributed by atoms with Gasteiger partial charge in [0, 0.05) is 22.7 Å². The Bertz CT molecular complexity index is 527. The molecular formula is C13H22N2O2S3. The van der Waals surface area contributed by atoms with Crippen molar-refractivity contribution in [2.75, 3.05) is 13.3 Å². The molecule has 0 spiro atoms. The lowest BCUT2D eigenvalue weighted by molar-refractivity contribution is 0.423. The SMILES string of the molecule is CNCc1ccc(S(=O)(=O)NC2CCCCC2SC)s1. The standard InChI is InChI=1S/C13H22N2O2S3/c1-14-9-10-7-8-13(19-10)20(16,17)15-11-5-3-4-6-12(11)18-2/h7-8,11-12,14-15H,3-6,9H2,1-2H3. The van der Waals surface area contributed by atoms with Crippen molar-refractivity contribution in [3.8, 4) is 0 Å². The third-order valence-corrected chi connectivity index (χ3v) is 7.80. The molecule has 0 saturated heterocycles. The Hall–Kier alpha value is -0.0800. The molecule has 2 rings (SSSR count). The van der Waals surface area contributed by atoms with Crippen LogP contribution in [0.2, 0.25) is 0 Å². The van der Waals surface area contributed by atoms with Gasteiger partial charge in [-0.1, -0.05) is 12.8 Å². The monoisotopic (exact) mass is 334 g/mol. The van der Waals surface area contributed by atoms with Crippen molar-refractivity contribution in [3.05, 3.63) is 17.0 Å².